The van der Waals surface area contributed by atoms with Crippen LogP contribution < -0.4 is 10.9 Å². The molecule has 0 bridgehead atoms. The van der Waals surface area contributed by atoms with Gasteiger partial charge in [-0.2, -0.15) is 0 Å². The van der Waals surface area contributed by atoms with Gasteiger partial charge in [-0.1, -0.05) is 47.5 Å². The van der Waals surface area contributed by atoms with Crippen LogP contribution in [0.3, 0.4) is 0 Å². The van der Waals surface area contributed by atoms with Crippen molar-refractivity contribution in [3.05, 3.63) is 79.7 Å². The summed E-state index contributed by atoms with van der Waals surface area (Å²) in [7, 11) is 1.67. The molecular weight excluding hydrogens is 437 g/mol. The summed E-state index contributed by atoms with van der Waals surface area (Å²) in [5, 5.41) is 4.24. The Labute approximate surface area is 189 Å². The highest BCUT2D eigenvalue weighted by Gasteiger charge is 2.35. The summed E-state index contributed by atoms with van der Waals surface area (Å²) in [5.41, 5.74) is 3.22. The predicted molar refractivity (Wildman–Crippen MR) is 122 cm³/mol. The summed E-state index contributed by atoms with van der Waals surface area (Å²) >= 11 is 12.3. The van der Waals surface area contributed by atoms with Gasteiger partial charge < -0.3 is 10.1 Å². The van der Waals surface area contributed by atoms with Gasteiger partial charge in [0.1, 0.15) is 17.6 Å². The molecule has 4 rings (SSSR count). The highest BCUT2D eigenvalue weighted by molar-refractivity contribution is 6.36. The van der Waals surface area contributed by atoms with Crippen LogP contribution in [0.1, 0.15) is 29.8 Å². The number of nitrogens with zero attached hydrogens (tertiary/aromatic N) is 2. The Kier molecular flexibility index (Phi) is 5.77. The number of ether oxygens (including phenoxy) is 1. The SMILES string of the molecule is CC(=O)O[C@H]1Cc2ccccc2[C@@H]1Nc1c(C)nc(-c2ccc(Cl)cc2Cl)c(=O)n1C. The average Bonchev–Trinajstić information content (AvgIpc) is 3.04. The monoisotopic (exact) mass is 457 g/mol. The third-order valence-electron chi connectivity index (χ3n) is 5.44. The molecule has 3 aromatic rings. The molecule has 2 atom stereocenters. The fourth-order valence-electron chi connectivity index (χ4n) is 4.03. The lowest BCUT2D eigenvalue weighted by atomic mass is 10.1. The summed E-state index contributed by atoms with van der Waals surface area (Å²) in [4.78, 5) is 29.3. The number of aromatic nitrogens is 2. The summed E-state index contributed by atoms with van der Waals surface area (Å²) in [6, 6.07) is 12.6. The molecule has 0 amide bonds. The molecule has 8 heteroatoms. The van der Waals surface area contributed by atoms with E-state index in [2.05, 4.69) is 10.3 Å². The van der Waals surface area contributed by atoms with Crippen molar-refractivity contribution in [3.63, 3.8) is 0 Å². The van der Waals surface area contributed by atoms with Crippen LogP contribution in [-0.2, 0) is 23.0 Å². The number of halogens is 2. The second-order valence-corrected chi connectivity index (χ2v) is 8.40. The third kappa shape index (κ3) is 4.05. The van der Waals surface area contributed by atoms with Crippen molar-refractivity contribution < 1.29 is 9.53 Å². The fraction of sp³-hybridized carbons (Fsp3) is 0.261. The van der Waals surface area contributed by atoms with Crippen molar-refractivity contribution in [1.82, 2.24) is 9.55 Å². The van der Waals surface area contributed by atoms with E-state index in [1.165, 1.54) is 11.5 Å². The lowest BCUT2D eigenvalue weighted by Gasteiger charge is -2.25. The molecule has 6 nitrogen and oxygen atoms in total. The van der Waals surface area contributed by atoms with Crippen molar-refractivity contribution in [2.75, 3.05) is 5.32 Å². The summed E-state index contributed by atoms with van der Waals surface area (Å²) in [6.45, 7) is 3.21. The molecule has 0 radical (unpaired) electrons. The number of rotatable bonds is 4. The number of nitrogens with one attached hydrogen (secondary N) is 1. The minimum atomic E-state index is -0.380. The topological polar surface area (TPSA) is 73.2 Å². The number of hydrogen-bond acceptors (Lipinski definition) is 5. The first-order valence-corrected chi connectivity index (χ1v) is 10.6. The molecule has 0 aliphatic heterocycles. The normalized spacial score (nSPS) is 17.3. The van der Waals surface area contributed by atoms with Crippen molar-refractivity contribution in [2.45, 2.75) is 32.4 Å². The van der Waals surface area contributed by atoms with Crippen LogP contribution in [0.4, 0.5) is 5.82 Å². The first-order valence-electron chi connectivity index (χ1n) is 9.81. The standard InChI is InChI=1S/C23H21Cl2N3O3/c1-12-22(27-20-16-7-5-4-6-14(16)10-19(20)31-13(2)29)28(3)23(30)21(26-12)17-9-8-15(24)11-18(17)25/h4-9,11,19-20,27H,10H2,1-3H3/t19-,20-/m0/s1. The van der Waals surface area contributed by atoms with Gasteiger partial charge in [-0.3, -0.25) is 14.2 Å². The lowest BCUT2D eigenvalue weighted by Crippen LogP contribution is -2.31. The van der Waals surface area contributed by atoms with E-state index in [4.69, 9.17) is 27.9 Å². The quantitative estimate of drug-likeness (QED) is 0.574. The van der Waals surface area contributed by atoms with E-state index in [1.807, 2.05) is 31.2 Å². The Morgan fingerprint density at radius 3 is 2.68 bits per heavy atom. The maximum Gasteiger partial charge on any atom is 0.302 e. The fourth-order valence-corrected chi connectivity index (χ4v) is 4.53. The van der Waals surface area contributed by atoms with Gasteiger partial charge in [0, 0.05) is 31.0 Å². The third-order valence-corrected chi connectivity index (χ3v) is 5.99. The zero-order chi connectivity index (χ0) is 22.3. The number of carbonyl (C=O) groups excluding carboxylic acids is 1. The van der Waals surface area contributed by atoms with Gasteiger partial charge in [0.25, 0.3) is 5.56 Å². The van der Waals surface area contributed by atoms with Crippen LogP contribution in [-0.4, -0.2) is 21.6 Å². The van der Waals surface area contributed by atoms with Gasteiger partial charge in [-0.05, 0) is 36.2 Å². The first-order chi connectivity index (χ1) is 14.8. The molecule has 0 fully saturated rings. The molecule has 2 aromatic carbocycles. The van der Waals surface area contributed by atoms with Gasteiger partial charge in [-0.25, -0.2) is 4.98 Å². The Morgan fingerprint density at radius 1 is 1.23 bits per heavy atom. The Balaban J connectivity index is 1.76. The average molecular weight is 458 g/mol. The number of fused-ring (bicyclic) bond motifs is 1. The maximum atomic E-state index is 13.1. The molecule has 0 spiro atoms. The summed E-state index contributed by atoms with van der Waals surface area (Å²) in [5.74, 6) is 0.207. The predicted octanol–water partition coefficient (Wildman–Crippen LogP) is 4.70. The number of hydrogen-bond donors (Lipinski definition) is 1. The molecule has 0 saturated carbocycles. The van der Waals surface area contributed by atoms with E-state index < -0.39 is 0 Å². The van der Waals surface area contributed by atoms with Crippen molar-refractivity contribution >= 4 is 35.0 Å². The maximum absolute atomic E-state index is 13.1. The number of carbonyl (C=O) groups is 1. The minimum Gasteiger partial charge on any atom is -0.460 e. The van der Waals surface area contributed by atoms with E-state index in [9.17, 15) is 9.59 Å². The highest BCUT2D eigenvalue weighted by atomic mass is 35.5. The molecule has 31 heavy (non-hydrogen) atoms. The number of benzene rings is 2. The van der Waals surface area contributed by atoms with Gasteiger partial charge in [0.2, 0.25) is 0 Å². The molecule has 1 aromatic heterocycles. The summed E-state index contributed by atoms with van der Waals surface area (Å²) < 4.78 is 7.08. The van der Waals surface area contributed by atoms with Crippen LogP contribution in [0.25, 0.3) is 11.3 Å². The van der Waals surface area contributed by atoms with Crippen molar-refractivity contribution in [2.24, 2.45) is 7.05 Å². The molecule has 1 heterocycles. The van der Waals surface area contributed by atoms with Gasteiger partial charge in [0.05, 0.1) is 16.8 Å². The van der Waals surface area contributed by atoms with Crippen LogP contribution in [0.15, 0.2) is 47.3 Å². The zero-order valence-corrected chi connectivity index (χ0v) is 18.8. The van der Waals surface area contributed by atoms with Crippen LogP contribution in [0, 0.1) is 6.92 Å². The molecule has 1 aliphatic carbocycles. The van der Waals surface area contributed by atoms with Gasteiger partial charge in [-0.15, -0.1) is 0 Å². The first kappa shape index (κ1) is 21.4. The minimum absolute atomic E-state index is 0.246. The highest BCUT2D eigenvalue weighted by Crippen LogP contribution is 2.36. The van der Waals surface area contributed by atoms with E-state index in [-0.39, 0.29) is 29.4 Å². The van der Waals surface area contributed by atoms with Crippen LogP contribution in [0.2, 0.25) is 10.0 Å². The molecule has 160 valence electrons. The molecule has 1 aliphatic rings. The Bertz CT molecular complexity index is 1240. The largest absolute Gasteiger partial charge is 0.460 e. The Hall–Kier alpha value is -2.83. The van der Waals surface area contributed by atoms with E-state index in [1.54, 1.807) is 25.2 Å². The van der Waals surface area contributed by atoms with Crippen LogP contribution >= 0.6 is 23.2 Å². The van der Waals surface area contributed by atoms with E-state index in [0.29, 0.717) is 33.5 Å². The second-order valence-electron chi connectivity index (χ2n) is 7.56. The Morgan fingerprint density at radius 2 is 1.97 bits per heavy atom. The molecule has 0 saturated heterocycles. The van der Waals surface area contributed by atoms with Crippen molar-refractivity contribution in [3.8, 4) is 11.3 Å². The lowest BCUT2D eigenvalue weighted by molar-refractivity contribution is -0.146. The van der Waals surface area contributed by atoms with Crippen molar-refractivity contribution in [1.29, 1.82) is 0 Å². The molecular formula is C23H21Cl2N3O3. The number of anilines is 1. The summed E-state index contributed by atoms with van der Waals surface area (Å²) in [6.07, 6.45) is 0.224. The second kappa shape index (κ2) is 8.36. The molecule has 1 N–H and O–H groups in total. The van der Waals surface area contributed by atoms with Gasteiger partial charge >= 0.3 is 5.97 Å². The van der Waals surface area contributed by atoms with E-state index >= 15 is 0 Å². The smallest absolute Gasteiger partial charge is 0.302 e. The zero-order valence-electron chi connectivity index (χ0n) is 17.3. The number of esters is 1. The van der Waals surface area contributed by atoms with E-state index in [0.717, 1.165) is 11.1 Å². The van der Waals surface area contributed by atoms with Gasteiger partial charge in [0.15, 0.2) is 0 Å². The number of aryl methyl sites for hydroxylation is 1. The molecule has 0 unspecified atom stereocenters. The van der Waals surface area contributed by atoms with Crippen LogP contribution in [0.5, 0.6) is 0 Å².